The van der Waals surface area contributed by atoms with Crippen LogP contribution in [0.1, 0.15) is 19.2 Å². The summed E-state index contributed by atoms with van der Waals surface area (Å²) in [5.41, 5.74) is 4.60. The van der Waals surface area contributed by atoms with Gasteiger partial charge in [-0.15, -0.1) is 0 Å². The molecule has 0 radical (unpaired) electrons. The summed E-state index contributed by atoms with van der Waals surface area (Å²) < 4.78 is 122. The van der Waals surface area contributed by atoms with Crippen molar-refractivity contribution in [3.8, 4) is 44.5 Å². The van der Waals surface area contributed by atoms with Gasteiger partial charge in [0.2, 0.25) is 0 Å². The zero-order valence-electron chi connectivity index (χ0n) is 37.3. The van der Waals surface area contributed by atoms with E-state index in [1.807, 2.05) is 54.6 Å². The average molecular weight is 601 g/mol. The first-order valence-corrected chi connectivity index (χ1v) is 15.2. The van der Waals surface area contributed by atoms with Crippen LogP contribution >= 0.6 is 11.8 Å². The van der Waals surface area contributed by atoms with Gasteiger partial charge < -0.3 is 0 Å². The third-order valence-corrected chi connectivity index (χ3v) is 9.69. The number of fused-ring (bicyclic) bond motifs is 2. The van der Waals surface area contributed by atoms with E-state index in [0.29, 0.717) is 11.1 Å². The fraction of sp³-hybridized carbons (Fsp3) is 0. The second kappa shape index (κ2) is 9.56. The summed E-state index contributed by atoms with van der Waals surface area (Å²) in [5, 5.41) is 1.94. The maximum atomic E-state index is 9.27. The quantitative estimate of drug-likeness (QED) is 0.182. The van der Waals surface area contributed by atoms with Crippen molar-refractivity contribution in [1.82, 2.24) is 0 Å². The predicted octanol–water partition coefficient (Wildman–Crippen LogP) is 12.9. The second-order valence-electron chi connectivity index (χ2n) is 11.0. The molecule has 0 fully saturated rings. The highest BCUT2D eigenvalue weighted by Gasteiger charge is 2.22. The molecule has 0 bridgehead atoms. The summed E-state index contributed by atoms with van der Waals surface area (Å²) >= 11 is 1.57. The van der Waals surface area contributed by atoms with E-state index in [1.165, 1.54) is 0 Å². The van der Waals surface area contributed by atoms with E-state index < -0.39 is 54.4 Å². The minimum atomic E-state index is -0.519. The van der Waals surface area contributed by atoms with Crippen molar-refractivity contribution >= 4 is 54.9 Å². The SMILES string of the molecule is [2H]c1c([2H])c([2H])c(-c2ccc3c(c2)-c2cccc4c(-c5cccc(-c6c([2H])c([2H])c7c([2H])c([2H])c8c([2H])c([2H])c([2H])c9c([2H])c([2H])c6c7c89)c5)ccc(c24)S3)c([2H])c1[2H]. The van der Waals surface area contributed by atoms with Gasteiger partial charge in [-0.3, -0.25) is 0 Å². The summed E-state index contributed by atoms with van der Waals surface area (Å²) in [4.78, 5) is 1.94. The molecule has 0 nitrogen and oxygen atoms in total. The Morgan fingerprint density at radius 2 is 1.11 bits per heavy atom. The Kier molecular flexibility index (Phi) is 3.20. The molecule has 1 aliphatic heterocycles. The van der Waals surface area contributed by atoms with Crippen molar-refractivity contribution < 1.29 is 19.2 Å². The minimum Gasteiger partial charge on any atom is -0.0888 e. The van der Waals surface area contributed by atoms with Gasteiger partial charge in [-0.05, 0) is 106 Å². The van der Waals surface area contributed by atoms with E-state index >= 15 is 0 Å². The number of benzene rings is 9. The van der Waals surface area contributed by atoms with E-state index in [2.05, 4.69) is 0 Å². The van der Waals surface area contributed by atoms with E-state index in [-0.39, 0.29) is 73.7 Å². The topological polar surface area (TPSA) is 0 Å². The fourth-order valence-electron chi connectivity index (χ4n) is 6.55. The van der Waals surface area contributed by atoms with Gasteiger partial charge in [-0.25, -0.2) is 0 Å². The van der Waals surface area contributed by atoms with Gasteiger partial charge in [-0.2, -0.15) is 0 Å². The molecule has 9 aromatic carbocycles. The van der Waals surface area contributed by atoms with Crippen LogP contribution in [0.3, 0.4) is 0 Å². The molecular weight excluding hydrogens is 561 g/mol. The van der Waals surface area contributed by atoms with Gasteiger partial charge in [0.25, 0.3) is 0 Å². The molecule has 1 aliphatic rings. The van der Waals surface area contributed by atoms with Crippen LogP contribution < -0.4 is 0 Å². The van der Waals surface area contributed by atoms with Gasteiger partial charge in [-0.1, -0.05) is 145 Å². The van der Waals surface area contributed by atoms with Crippen molar-refractivity contribution in [2.24, 2.45) is 0 Å². The summed E-state index contributed by atoms with van der Waals surface area (Å²) in [6.07, 6.45) is 0. The summed E-state index contributed by atoms with van der Waals surface area (Å²) in [5.74, 6) is 0. The third kappa shape index (κ3) is 3.75. The van der Waals surface area contributed by atoms with Crippen LogP contribution in [0.15, 0.2) is 167 Å². The molecule has 1 heteroatoms. The smallest absolute Gasteiger partial charge is 0.0630 e. The van der Waals surface area contributed by atoms with Crippen LogP contribution in [-0.2, 0) is 0 Å². The van der Waals surface area contributed by atoms with Crippen LogP contribution in [0.4, 0.5) is 0 Å². The first-order chi connectivity index (χ1) is 28.1. The lowest BCUT2D eigenvalue weighted by Crippen LogP contribution is -1.95. The molecule has 0 saturated heterocycles. The Labute approximate surface area is 285 Å². The fourth-order valence-corrected chi connectivity index (χ4v) is 7.66. The molecule has 0 saturated carbocycles. The lowest BCUT2D eigenvalue weighted by molar-refractivity contribution is 1.39. The minimum absolute atomic E-state index is 0.0754. The van der Waals surface area contributed by atoms with E-state index in [0.717, 1.165) is 42.8 Å². The molecule has 0 unspecified atom stereocenters. The molecule has 10 rings (SSSR count). The molecular formula is C44H26S. The average Bonchev–Trinajstić information content (AvgIpc) is 3.23. The highest BCUT2D eigenvalue weighted by molar-refractivity contribution is 7.99. The Morgan fingerprint density at radius 3 is 1.98 bits per heavy atom. The Morgan fingerprint density at radius 1 is 0.378 bits per heavy atom. The zero-order chi connectivity index (χ0) is 41.7. The Bertz CT molecular complexity index is 3360. The van der Waals surface area contributed by atoms with Crippen LogP contribution in [0.5, 0.6) is 0 Å². The van der Waals surface area contributed by atoms with Gasteiger partial charge >= 0.3 is 0 Å². The monoisotopic (exact) mass is 600 g/mol. The summed E-state index contributed by atoms with van der Waals surface area (Å²) in [7, 11) is 0. The van der Waals surface area contributed by atoms with Crippen molar-refractivity contribution in [3.05, 3.63) is 157 Å². The summed E-state index contributed by atoms with van der Waals surface area (Å²) in [6, 6.07) is 17.4. The molecule has 9 aromatic rings. The molecule has 0 spiro atoms. The van der Waals surface area contributed by atoms with E-state index in [1.54, 1.807) is 30.0 Å². The Hall–Kier alpha value is -5.37. The normalized spacial score (nSPS) is 16.7. The predicted molar refractivity (Wildman–Crippen MR) is 194 cm³/mol. The van der Waals surface area contributed by atoms with Crippen molar-refractivity contribution in [1.29, 1.82) is 0 Å². The van der Waals surface area contributed by atoms with Crippen molar-refractivity contribution in [2.45, 2.75) is 9.79 Å². The van der Waals surface area contributed by atoms with Gasteiger partial charge in [0.05, 0.1) is 19.2 Å². The maximum absolute atomic E-state index is 9.27. The molecule has 45 heavy (non-hydrogen) atoms. The number of hydrogen-bond acceptors (Lipinski definition) is 1. The molecule has 1 heterocycles. The molecule has 0 aromatic heterocycles. The standard InChI is InChI=1S/C44H26S/c1-2-7-27(8-3-1)31-19-23-40-39(26-31)37-14-6-13-36-35(22-24-41(45-40)44(36)37)33-12-5-11-32(25-33)34-20-17-30-16-15-28-9-4-10-29-18-21-38(34)43(30)42(28)29/h1-26H/i1D,2D,3D,4D,7D,8D,9D,10D,15D,16D,17D,18D,20D,21D. The lowest BCUT2D eigenvalue weighted by Gasteiger charge is -2.22. The van der Waals surface area contributed by atoms with Gasteiger partial charge in [0, 0.05) is 15.2 Å². The molecule has 0 N–H and O–H groups in total. The van der Waals surface area contributed by atoms with Crippen molar-refractivity contribution in [2.75, 3.05) is 0 Å². The van der Waals surface area contributed by atoms with Gasteiger partial charge in [0.1, 0.15) is 0 Å². The van der Waals surface area contributed by atoms with Crippen LogP contribution in [0.25, 0.3) is 87.6 Å². The number of rotatable bonds is 3. The van der Waals surface area contributed by atoms with E-state index in [4.69, 9.17) is 16.4 Å². The zero-order valence-corrected chi connectivity index (χ0v) is 24.2. The van der Waals surface area contributed by atoms with E-state index in [9.17, 15) is 2.74 Å². The molecule has 0 atom stereocenters. The Balaban J connectivity index is 1.20. The van der Waals surface area contributed by atoms with Gasteiger partial charge in [0.15, 0.2) is 0 Å². The number of hydrogen-bond donors (Lipinski definition) is 0. The summed E-state index contributed by atoms with van der Waals surface area (Å²) in [6.45, 7) is 0. The highest BCUT2D eigenvalue weighted by Crippen LogP contribution is 2.51. The van der Waals surface area contributed by atoms with Crippen molar-refractivity contribution in [3.63, 3.8) is 0 Å². The van der Waals surface area contributed by atoms with Crippen LogP contribution in [0, 0.1) is 0 Å². The largest absolute Gasteiger partial charge is 0.0888 e. The maximum Gasteiger partial charge on any atom is 0.0630 e. The molecule has 0 aliphatic carbocycles. The third-order valence-electron chi connectivity index (χ3n) is 8.56. The highest BCUT2D eigenvalue weighted by atomic mass is 32.2. The second-order valence-corrected chi connectivity index (χ2v) is 12.1. The molecule has 0 amide bonds. The first kappa shape index (κ1) is 15.1. The lowest BCUT2D eigenvalue weighted by atomic mass is 9.88. The van der Waals surface area contributed by atoms with Crippen LogP contribution in [0.2, 0.25) is 0 Å². The first-order valence-electron chi connectivity index (χ1n) is 21.4. The molecule has 208 valence electrons. The van der Waals surface area contributed by atoms with Crippen LogP contribution in [-0.4, -0.2) is 0 Å².